The highest BCUT2D eigenvalue weighted by atomic mass is 19.4. The molecular weight excluding hydrogens is 231 g/mol. The molecule has 9 heteroatoms. The Bertz CT molecular complexity index is 412. The van der Waals surface area contributed by atoms with Crippen molar-refractivity contribution >= 4 is 11.9 Å². The number of alkyl halides is 3. The van der Waals surface area contributed by atoms with Crippen LogP contribution in [-0.2, 0) is 11.3 Å². The van der Waals surface area contributed by atoms with Crippen molar-refractivity contribution in [1.29, 1.82) is 0 Å². The Morgan fingerprint density at radius 3 is 2.62 bits per heavy atom. The maximum Gasteiger partial charge on any atom is 0.471 e. The third-order valence-corrected chi connectivity index (χ3v) is 1.63. The summed E-state index contributed by atoms with van der Waals surface area (Å²) < 4.78 is 35.4. The molecule has 1 heterocycles. The van der Waals surface area contributed by atoms with Crippen LogP contribution in [-0.4, -0.2) is 33.4 Å². The van der Waals surface area contributed by atoms with E-state index in [0.717, 1.165) is 6.20 Å². The van der Waals surface area contributed by atoms with Gasteiger partial charge in [-0.2, -0.15) is 18.3 Å². The second kappa shape index (κ2) is 4.21. The lowest BCUT2D eigenvalue weighted by atomic mass is 10.2. The third kappa shape index (κ3) is 2.72. The van der Waals surface area contributed by atoms with E-state index in [0.29, 0.717) is 0 Å². The quantitative estimate of drug-likeness (QED) is 0.703. The first-order valence-electron chi connectivity index (χ1n) is 3.93. The molecule has 6 nitrogen and oxygen atoms in total. The van der Waals surface area contributed by atoms with Crippen LogP contribution in [0, 0.1) is 0 Å². The zero-order chi connectivity index (χ0) is 12.3. The van der Waals surface area contributed by atoms with E-state index in [2.05, 4.69) is 10.2 Å². The number of hydrogen-bond donors (Lipinski definition) is 3. The molecule has 0 saturated carbocycles. The molecule has 0 aromatic carbocycles. The van der Waals surface area contributed by atoms with Crippen molar-refractivity contribution in [2.75, 3.05) is 0 Å². The minimum Gasteiger partial charge on any atom is -0.477 e. The zero-order valence-electron chi connectivity index (χ0n) is 7.63. The summed E-state index contributed by atoms with van der Waals surface area (Å²) in [5.41, 5.74) is -0.396. The molecule has 1 aromatic rings. The van der Waals surface area contributed by atoms with Gasteiger partial charge in [-0.15, -0.1) is 0 Å². The molecule has 0 fully saturated rings. The predicted octanol–water partition coefficient (Wildman–Crippen LogP) is 0.286. The lowest BCUT2D eigenvalue weighted by Crippen LogP contribution is -2.36. The van der Waals surface area contributed by atoms with Gasteiger partial charge in [0.15, 0.2) is 0 Å². The molecule has 1 rings (SSSR count). The van der Waals surface area contributed by atoms with Gasteiger partial charge < -0.3 is 10.4 Å². The molecule has 0 aliphatic rings. The summed E-state index contributed by atoms with van der Waals surface area (Å²) >= 11 is 0. The number of aromatic carboxylic acids is 1. The van der Waals surface area contributed by atoms with E-state index in [1.54, 1.807) is 0 Å². The molecule has 0 atom stereocenters. The largest absolute Gasteiger partial charge is 0.477 e. The molecule has 0 spiro atoms. The van der Waals surface area contributed by atoms with Gasteiger partial charge in [0.25, 0.3) is 0 Å². The summed E-state index contributed by atoms with van der Waals surface area (Å²) in [6, 6.07) is 0. The molecule has 0 aliphatic heterocycles. The summed E-state index contributed by atoms with van der Waals surface area (Å²) in [6.45, 7) is -0.559. The number of hydrogen-bond acceptors (Lipinski definition) is 3. The minimum absolute atomic E-state index is 0.0369. The van der Waals surface area contributed by atoms with Crippen molar-refractivity contribution in [2.45, 2.75) is 12.7 Å². The van der Waals surface area contributed by atoms with Gasteiger partial charge in [0.2, 0.25) is 0 Å². The average molecular weight is 237 g/mol. The van der Waals surface area contributed by atoms with E-state index in [4.69, 9.17) is 5.11 Å². The molecule has 16 heavy (non-hydrogen) atoms. The predicted molar refractivity (Wildman–Crippen MR) is 43.4 cm³/mol. The average Bonchev–Trinajstić information content (AvgIpc) is 2.60. The van der Waals surface area contributed by atoms with Crippen LogP contribution >= 0.6 is 0 Å². The standard InChI is InChI=1S/C7H6F3N3O3/c8-7(9,10)6(16)11-1-3-2-12-13-4(3)5(14)15/h2H,1H2,(H,11,16)(H,12,13)(H,14,15). The number of carbonyl (C=O) groups is 2. The summed E-state index contributed by atoms with van der Waals surface area (Å²) in [7, 11) is 0. The fourth-order valence-electron chi connectivity index (χ4n) is 0.906. The molecular formula is C7H6F3N3O3. The van der Waals surface area contributed by atoms with E-state index in [9.17, 15) is 22.8 Å². The molecule has 1 aromatic heterocycles. The monoisotopic (exact) mass is 237 g/mol. The van der Waals surface area contributed by atoms with E-state index in [1.807, 2.05) is 0 Å². The molecule has 3 N–H and O–H groups in total. The molecule has 88 valence electrons. The van der Waals surface area contributed by atoms with Gasteiger partial charge in [-0.05, 0) is 0 Å². The third-order valence-electron chi connectivity index (χ3n) is 1.63. The van der Waals surface area contributed by atoms with E-state index in [-0.39, 0.29) is 11.3 Å². The fraction of sp³-hybridized carbons (Fsp3) is 0.286. The Morgan fingerprint density at radius 1 is 1.50 bits per heavy atom. The van der Waals surface area contributed by atoms with Gasteiger partial charge in [0.05, 0.1) is 6.20 Å². The number of aromatic nitrogens is 2. The van der Waals surface area contributed by atoms with Gasteiger partial charge in [-0.25, -0.2) is 4.79 Å². The number of aromatic amines is 1. The van der Waals surface area contributed by atoms with Crippen molar-refractivity contribution < 1.29 is 27.9 Å². The van der Waals surface area contributed by atoms with E-state index >= 15 is 0 Å². The highest BCUT2D eigenvalue weighted by Crippen LogP contribution is 2.14. The second-order valence-corrected chi connectivity index (χ2v) is 2.76. The number of H-pyrrole nitrogens is 1. The highest BCUT2D eigenvalue weighted by Gasteiger charge is 2.38. The van der Waals surface area contributed by atoms with Crippen molar-refractivity contribution in [3.05, 3.63) is 17.5 Å². The number of carbonyl (C=O) groups excluding carboxylic acids is 1. The van der Waals surface area contributed by atoms with Crippen molar-refractivity contribution in [2.24, 2.45) is 0 Å². The molecule has 0 aliphatic carbocycles. The number of halogens is 3. The summed E-state index contributed by atoms with van der Waals surface area (Å²) in [4.78, 5) is 20.9. The topological polar surface area (TPSA) is 95.1 Å². The lowest BCUT2D eigenvalue weighted by molar-refractivity contribution is -0.173. The Hall–Kier alpha value is -2.06. The smallest absolute Gasteiger partial charge is 0.471 e. The minimum atomic E-state index is -4.99. The number of nitrogens with zero attached hydrogens (tertiary/aromatic N) is 1. The summed E-state index contributed by atoms with van der Waals surface area (Å²) in [6.07, 6.45) is -3.97. The molecule has 0 bridgehead atoms. The van der Waals surface area contributed by atoms with Crippen LogP contribution in [0.3, 0.4) is 0 Å². The van der Waals surface area contributed by atoms with Crippen LogP contribution in [0.4, 0.5) is 13.2 Å². The first kappa shape index (κ1) is 12.0. The van der Waals surface area contributed by atoms with Crippen LogP contribution < -0.4 is 5.32 Å². The van der Waals surface area contributed by atoms with Crippen LogP contribution in [0.5, 0.6) is 0 Å². The SMILES string of the molecule is O=C(O)c1[nH]ncc1CNC(=O)C(F)(F)F. The first-order chi connectivity index (χ1) is 7.32. The first-order valence-corrected chi connectivity index (χ1v) is 3.93. The van der Waals surface area contributed by atoms with Crippen LogP contribution in [0.25, 0.3) is 0 Å². The molecule has 1 amide bonds. The van der Waals surface area contributed by atoms with Crippen molar-refractivity contribution in [3.63, 3.8) is 0 Å². The molecule has 0 unspecified atom stereocenters. The number of carboxylic acid groups (broad SMARTS) is 1. The number of rotatable bonds is 3. The molecule has 0 radical (unpaired) electrons. The maximum absolute atomic E-state index is 11.8. The highest BCUT2D eigenvalue weighted by molar-refractivity contribution is 5.87. The van der Waals surface area contributed by atoms with Crippen molar-refractivity contribution in [1.82, 2.24) is 15.5 Å². The van der Waals surface area contributed by atoms with Gasteiger partial charge >= 0.3 is 18.1 Å². The van der Waals surface area contributed by atoms with Crippen LogP contribution in [0.1, 0.15) is 16.1 Å². The van der Waals surface area contributed by atoms with Crippen LogP contribution in [0.15, 0.2) is 6.20 Å². The number of nitrogens with one attached hydrogen (secondary N) is 2. The summed E-state index contributed by atoms with van der Waals surface area (Å²) in [5.74, 6) is -3.50. The number of amides is 1. The Kier molecular flexibility index (Phi) is 3.16. The Labute approximate surface area is 86.5 Å². The van der Waals surface area contributed by atoms with Crippen molar-refractivity contribution in [3.8, 4) is 0 Å². The lowest BCUT2D eigenvalue weighted by Gasteiger charge is -2.06. The van der Waals surface area contributed by atoms with Gasteiger partial charge in [-0.3, -0.25) is 9.89 Å². The van der Waals surface area contributed by atoms with Gasteiger partial charge in [-0.1, -0.05) is 0 Å². The van der Waals surface area contributed by atoms with Crippen LogP contribution in [0.2, 0.25) is 0 Å². The normalized spacial score (nSPS) is 11.2. The van der Waals surface area contributed by atoms with Gasteiger partial charge in [0, 0.05) is 12.1 Å². The second-order valence-electron chi connectivity index (χ2n) is 2.76. The summed E-state index contributed by atoms with van der Waals surface area (Å²) in [5, 5.41) is 15.5. The Morgan fingerprint density at radius 2 is 2.12 bits per heavy atom. The fourth-order valence-corrected chi connectivity index (χ4v) is 0.906. The maximum atomic E-state index is 11.8. The Balaban J connectivity index is 2.65. The van der Waals surface area contributed by atoms with E-state index < -0.39 is 24.6 Å². The van der Waals surface area contributed by atoms with E-state index in [1.165, 1.54) is 5.32 Å². The zero-order valence-corrected chi connectivity index (χ0v) is 7.63. The number of carboxylic acids is 1. The van der Waals surface area contributed by atoms with Gasteiger partial charge in [0.1, 0.15) is 5.69 Å². The molecule has 0 saturated heterocycles.